The molecule has 0 aliphatic carbocycles. The summed E-state index contributed by atoms with van der Waals surface area (Å²) in [5, 5.41) is 2.20. The first kappa shape index (κ1) is 6.89. The lowest BCUT2D eigenvalue weighted by Gasteiger charge is -1.99. The first-order valence-electron chi connectivity index (χ1n) is 4.33. The van der Waals surface area contributed by atoms with Crippen molar-refractivity contribution in [2.24, 2.45) is 0 Å². The van der Waals surface area contributed by atoms with Gasteiger partial charge in [0, 0.05) is 3.57 Å². The molecule has 0 aliphatic rings. The first-order valence-corrected chi connectivity index (χ1v) is 4.91. The fraction of sp³-hybridized carbons (Fsp3) is 0.0909. The van der Waals surface area contributed by atoms with Crippen LogP contribution < -0.4 is 0 Å². The summed E-state index contributed by atoms with van der Waals surface area (Å²) in [5.74, 6) is 0. The number of aryl methyl sites for hydroxylation is 1. The molecule has 0 bridgehead atoms. The molecule has 0 nitrogen and oxygen atoms in total. The molecule has 0 saturated carbocycles. The third-order valence-electron chi connectivity index (χ3n) is 1.87. The Labute approximate surface area is 87.1 Å². The molecule has 2 aromatic rings. The molecule has 2 aromatic carbocycles. The van der Waals surface area contributed by atoms with Crippen molar-refractivity contribution in [2.75, 3.05) is 0 Å². The zero-order chi connectivity index (χ0) is 9.42. The zero-order valence-electron chi connectivity index (χ0n) is 7.76. The van der Waals surface area contributed by atoms with Crippen LogP contribution in [0.2, 0.25) is 0 Å². The lowest BCUT2D eigenvalue weighted by Crippen LogP contribution is -1.76. The second-order valence-electron chi connectivity index (χ2n) is 2.91. The van der Waals surface area contributed by atoms with E-state index < -0.39 is 0 Å². The van der Waals surface area contributed by atoms with Crippen molar-refractivity contribution < 1.29 is 1.37 Å². The molecule has 0 spiro atoms. The Morgan fingerprint density at radius 2 is 2.00 bits per heavy atom. The fourth-order valence-electron chi connectivity index (χ4n) is 1.27. The summed E-state index contributed by atoms with van der Waals surface area (Å²) in [4.78, 5) is 0. The molecular formula is C11H9I. The van der Waals surface area contributed by atoms with Crippen molar-refractivity contribution in [3.05, 3.63) is 45.5 Å². The smallest absolute Gasteiger partial charge is 0.0587 e. The average molecular weight is 269 g/mol. The first-order chi connectivity index (χ1) is 6.16. The van der Waals surface area contributed by atoms with Gasteiger partial charge in [-0.2, -0.15) is 0 Å². The van der Waals surface area contributed by atoms with Gasteiger partial charge in [0.2, 0.25) is 0 Å². The Hall–Kier alpha value is -0.570. The third-order valence-corrected chi connectivity index (χ3v) is 2.49. The Balaban J connectivity index is 2.86. The van der Waals surface area contributed by atoms with Gasteiger partial charge in [0.05, 0.1) is 1.37 Å². The quantitative estimate of drug-likeness (QED) is 0.639. The summed E-state index contributed by atoms with van der Waals surface area (Å²) >= 11 is 2.25. The van der Waals surface area contributed by atoms with Gasteiger partial charge >= 0.3 is 0 Å². The molecule has 0 amide bonds. The summed E-state index contributed by atoms with van der Waals surface area (Å²) < 4.78 is 8.90. The zero-order valence-corrected chi connectivity index (χ0v) is 8.92. The summed E-state index contributed by atoms with van der Waals surface area (Å²) in [6.07, 6.45) is 0. The van der Waals surface area contributed by atoms with Crippen molar-refractivity contribution >= 4 is 33.4 Å². The van der Waals surface area contributed by atoms with Crippen LogP contribution in [0.3, 0.4) is 0 Å². The standard InChI is InChI=1S/C11H9I/c1-8-2-3-9-4-5-11(12)7-10(9)6-8/h2-7H,1H3/i4D. The van der Waals surface area contributed by atoms with Crippen LogP contribution in [0.25, 0.3) is 10.8 Å². The highest BCUT2D eigenvalue weighted by Gasteiger charge is 1.93. The van der Waals surface area contributed by atoms with Crippen molar-refractivity contribution in [3.8, 4) is 0 Å². The van der Waals surface area contributed by atoms with Gasteiger partial charge in [0.15, 0.2) is 0 Å². The van der Waals surface area contributed by atoms with Crippen LogP contribution in [-0.4, -0.2) is 0 Å². The molecule has 0 aliphatic heterocycles. The van der Waals surface area contributed by atoms with Gasteiger partial charge in [-0.15, -0.1) is 0 Å². The number of fused-ring (bicyclic) bond motifs is 1. The maximum absolute atomic E-state index is 7.77. The molecule has 0 radical (unpaired) electrons. The van der Waals surface area contributed by atoms with Crippen molar-refractivity contribution in [1.29, 1.82) is 0 Å². The van der Waals surface area contributed by atoms with Crippen LogP contribution in [0.4, 0.5) is 0 Å². The van der Waals surface area contributed by atoms with Gasteiger partial charge in [0.1, 0.15) is 0 Å². The van der Waals surface area contributed by atoms with E-state index in [-0.39, 0.29) is 0 Å². The van der Waals surface area contributed by atoms with E-state index in [4.69, 9.17) is 1.37 Å². The minimum atomic E-state index is 0.613. The fourth-order valence-corrected chi connectivity index (χ4v) is 1.76. The molecule has 0 N–H and O–H groups in total. The molecule has 12 heavy (non-hydrogen) atoms. The largest absolute Gasteiger partial charge is 0.0630 e. The Kier molecular flexibility index (Phi) is 1.75. The maximum atomic E-state index is 7.77. The molecule has 0 saturated heterocycles. The van der Waals surface area contributed by atoms with E-state index in [1.54, 1.807) is 0 Å². The van der Waals surface area contributed by atoms with Crippen LogP contribution in [-0.2, 0) is 0 Å². The van der Waals surface area contributed by atoms with Crippen molar-refractivity contribution in [2.45, 2.75) is 6.92 Å². The molecular weight excluding hydrogens is 259 g/mol. The highest BCUT2D eigenvalue weighted by atomic mass is 127. The lowest BCUT2D eigenvalue weighted by molar-refractivity contribution is 1.50. The summed E-state index contributed by atoms with van der Waals surface area (Å²) in [5.41, 5.74) is 1.24. The summed E-state index contributed by atoms with van der Waals surface area (Å²) in [6.45, 7) is 2.07. The monoisotopic (exact) mass is 269 g/mol. The van der Waals surface area contributed by atoms with Gasteiger partial charge in [0.25, 0.3) is 0 Å². The number of benzene rings is 2. The number of rotatable bonds is 0. The van der Waals surface area contributed by atoms with Crippen LogP contribution in [0.15, 0.2) is 36.4 Å². The van der Waals surface area contributed by atoms with Crippen LogP contribution in [0, 0.1) is 10.5 Å². The molecule has 0 fully saturated rings. The Bertz CT molecular complexity index is 458. The number of hydrogen-bond acceptors (Lipinski definition) is 0. The molecule has 60 valence electrons. The van der Waals surface area contributed by atoms with Gasteiger partial charge in [-0.3, -0.25) is 0 Å². The van der Waals surface area contributed by atoms with E-state index in [1.165, 1.54) is 5.56 Å². The second-order valence-corrected chi connectivity index (χ2v) is 4.15. The molecule has 0 atom stereocenters. The molecule has 1 heteroatoms. The minimum absolute atomic E-state index is 0.613. The van der Waals surface area contributed by atoms with Gasteiger partial charge in [-0.1, -0.05) is 29.8 Å². The Morgan fingerprint density at radius 1 is 1.17 bits per heavy atom. The van der Waals surface area contributed by atoms with Crippen molar-refractivity contribution in [3.63, 3.8) is 0 Å². The van der Waals surface area contributed by atoms with Crippen LogP contribution >= 0.6 is 22.6 Å². The topological polar surface area (TPSA) is 0 Å². The minimum Gasteiger partial charge on any atom is -0.0587 e. The Morgan fingerprint density at radius 3 is 2.83 bits per heavy atom. The highest BCUT2D eigenvalue weighted by molar-refractivity contribution is 14.1. The van der Waals surface area contributed by atoms with E-state index in [1.807, 2.05) is 18.2 Å². The lowest BCUT2D eigenvalue weighted by atomic mass is 10.1. The molecule has 0 aromatic heterocycles. The normalized spacial score (nSPS) is 11.7. The average Bonchev–Trinajstić information content (AvgIpc) is 2.02. The second kappa shape index (κ2) is 3.05. The van der Waals surface area contributed by atoms with E-state index >= 15 is 0 Å². The molecule has 0 unspecified atom stereocenters. The number of hydrogen-bond donors (Lipinski definition) is 0. The van der Waals surface area contributed by atoms with E-state index in [0.29, 0.717) is 6.04 Å². The summed E-state index contributed by atoms with van der Waals surface area (Å²) in [7, 11) is 0. The van der Waals surface area contributed by atoms with Gasteiger partial charge in [-0.05, 0) is 52.4 Å². The van der Waals surface area contributed by atoms with E-state index in [2.05, 4.69) is 41.6 Å². The SMILES string of the molecule is [2H]c1cc(I)cc2cc(C)ccc12. The predicted octanol–water partition coefficient (Wildman–Crippen LogP) is 3.75. The molecule has 2 rings (SSSR count). The van der Waals surface area contributed by atoms with Gasteiger partial charge < -0.3 is 0 Å². The number of halogens is 1. The molecule has 0 heterocycles. The summed E-state index contributed by atoms with van der Waals surface area (Å²) in [6, 6.07) is 10.8. The predicted molar refractivity (Wildman–Crippen MR) is 61.4 cm³/mol. The van der Waals surface area contributed by atoms with Crippen LogP contribution in [0.1, 0.15) is 6.93 Å². The van der Waals surface area contributed by atoms with E-state index in [9.17, 15) is 0 Å². The highest BCUT2D eigenvalue weighted by Crippen LogP contribution is 2.18. The van der Waals surface area contributed by atoms with Crippen LogP contribution in [0.5, 0.6) is 0 Å². The van der Waals surface area contributed by atoms with Gasteiger partial charge in [-0.25, -0.2) is 0 Å². The van der Waals surface area contributed by atoms with E-state index in [0.717, 1.165) is 14.3 Å². The maximum Gasteiger partial charge on any atom is 0.0630 e. The third kappa shape index (κ3) is 1.46. The van der Waals surface area contributed by atoms with Crippen molar-refractivity contribution in [1.82, 2.24) is 0 Å².